The van der Waals surface area contributed by atoms with E-state index in [-0.39, 0.29) is 0 Å². The minimum atomic E-state index is 0.777. The molecule has 0 aliphatic heterocycles. The highest BCUT2D eigenvalue weighted by Gasteiger charge is 2.04. The van der Waals surface area contributed by atoms with Gasteiger partial charge in [-0.05, 0) is 25.5 Å². The van der Waals surface area contributed by atoms with E-state index in [0.29, 0.717) is 0 Å². The second kappa shape index (κ2) is 5.01. The lowest BCUT2D eigenvalue weighted by molar-refractivity contribution is 0.308. The molecular weight excluding hydrogens is 200 g/mol. The number of hydrogen-bond donors (Lipinski definition) is 0. The van der Waals surface area contributed by atoms with Crippen molar-refractivity contribution in [1.82, 2.24) is 9.38 Å². The van der Waals surface area contributed by atoms with Crippen LogP contribution < -0.4 is 4.74 Å². The van der Waals surface area contributed by atoms with E-state index >= 15 is 0 Å². The Kier molecular flexibility index (Phi) is 3.44. The number of rotatable bonds is 5. The molecule has 2 aromatic rings. The molecule has 3 heteroatoms. The normalized spacial score (nSPS) is 10.9. The fourth-order valence-electron chi connectivity index (χ4n) is 1.76. The first-order valence-electron chi connectivity index (χ1n) is 5.88. The first-order valence-corrected chi connectivity index (χ1v) is 5.88. The molecule has 0 N–H and O–H groups in total. The van der Waals surface area contributed by atoms with Crippen molar-refractivity contribution >= 4 is 5.65 Å². The predicted molar refractivity (Wildman–Crippen MR) is 64.9 cm³/mol. The van der Waals surface area contributed by atoms with Gasteiger partial charge in [0.25, 0.3) is 0 Å². The summed E-state index contributed by atoms with van der Waals surface area (Å²) in [6.45, 7) is 4.96. The van der Waals surface area contributed by atoms with Crippen LogP contribution in [0, 0.1) is 6.92 Å². The summed E-state index contributed by atoms with van der Waals surface area (Å²) in [7, 11) is 0. The lowest BCUT2D eigenvalue weighted by Crippen LogP contribution is -1.99. The van der Waals surface area contributed by atoms with Crippen LogP contribution in [0.15, 0.2) is 24.5 Å². The zero-order valence-electron chi connectivity index (χ0n) is 9.94. The van der Waals surface area contributed by atoms with Gasteiger partial charge in [-0.15, -0.1) is 0 Å². The third-order valence-corrected chi connectivity index (χ3v) is 2.57. The molecule has 0 amide bonds. The average molecular weight is 218 g/mol. The molecule has 0 atom stereocenters. The summed E-state index contributed by atoms with van der Waals surface area (Å²) in [6, 6.07) is 3.97. The van der Waals surface area contributed by atoms with Gasteiger partial charge in [-0.2, -0.15) is 0 Å². The van der Waals surface area contributed by atoms with Crippen molar-refractivity contribution in [1.29, 1.82) is 0 Å². The van der Waals surface area contributed by atoms with Crippen molar-refractivity contribution in [3.05, 3.63) is 30.2 Å². The number of nitrogens with zero attached hydrogens (tertiary/aromatic N) is 2. The molecule has 0 spiro atoms. The maximum absolute atomic E-state index is 5.75. The molecule has 0 saturated heterocycles. The van der Waals surface area contributed by atoms with Crippen LogP contribution in [-0.4, -0.2) is 16.0 Å². The second-order valence-corrected chi connectivity index (χ2v) is 4.04. The predicted octanol–water partition coefficient (Wildman–Crippen LogP) is 3.21. The van der Waals surface area contributed by atoms with Crippen molar-refractivity contribution < 1.29 is 4.74 Å². The summed E-state index contributed by atoms with van der Waals surface area (Å²) in [4.78, 5) is 4.45. The fourth-order valence-corrected chi connectivity index (χ4v) is 1.76. The number of pyridine rings is 1. The quantitative estimate of drug-likeness (QED) is 0.720. The molecule has 86 valence electrons. The molecule has 0 aromatic carbocycles. The van der Waals surface area contributed by atoms with Crippen molar-refractivity contribution in [3.63, 3.8) is 0 Å². The molecule has 16 heavy (non-hydrogen) atoms. The van der Waals surface area contributed by atoms with Gasteiger partial charge in [0.05, 0.1) is 12.3 Å². The minimum Gasteiger partial charge on any atom is -0.490 e. The van der Waals surface area contributed by atoms with Gasteiger partial charge in [-0.25, -0.2) is 4.98 Å². The van der Waals surface area contributed by atoms with Crippen LogP contribution in [0.25, 0.3) is 5.65 Å². The van der Waals surface area contributed by atoms with Crippen LogP contribution in [0.2, 0.25) is 0 Å². The number of imidazole rings is 1. The summed E-state index contributed by atoms with van der Waals surface area (Å²) in [5.74, 6) is 0.881. The molecular formula is C13H18N2O. The standard InChI is InChI=1S/C13H18N2O/c1-3-4-5-9-16-12-7-6-8-15-10-11(2)14-13(12)15/h6-8,10H,3-5,9H2,1-2H3. The summed E-state index contributed by atoms with van der Waals surface area (Å²) < 4.78 is 7.76. The van der Waals surface area contributed by atoms with Gasteiger partial charge < -0.3 is 9.14 Å². The first kappa shape index (κ1) is 11.0. The number of ether oxygens (including phenoxy) is 1. The topological polar surface area (TPSA) is 26.5 Å². The van der Waals surface area contributed by atoms with E-state index < -0.39 is 0 Å². The van der Waals surface area contributed by atoms with Crippen LogP contribution in [-0.2, 0) is 0 Å². The Hall–Kier alpha value is -1.51. The fraction of sp³-hybridized carbons (Fsp3) is 0.462. The molecule has 0 radical (unpaired) electrons. The summed E-state index contributed by atoms with van der Waals surface area (Å²) in [5.41, 5.74) is 1.93. The Bertz CT molecular complexity index is 462. The maximum Gasteiger partial charge on any atom is 0.179 e. The van der Waals surface area contributed by atoms with Gasteiger partial charge in [0.15, 0.2) is 11.4 Å². The highest BCUT2D eigenvalue weighted by atomic mass is 16.5. The van der Waals surface area contributed by atoms with E-state index in [0.717, 1.165) is 30.1 Å². The maximum atomic E-state index is 5.75. The Labute approximate surface area is 96.1 Å². The van der Waals surface area contributed by atoms with E-state index in [9.17, 15) is 0 Å². The lowest BCUT2D eigenvalue weighted by atomic mass is 10.3. The molecule has 2 rings (SSSR count). The van der Waals surface area contributed by atoms with E-state index in [1.54, 1.807) is 0 Å². The molecule has 0 saturated carbocycles. The highest BCUT2D eigenvalue weighted by Crippen LogP contribution is 2.18. The van der Waals surface area contributed by atoms with E-state index in [2.05, 4.69) is 11.9 Å². The summed E-state index contributed by atoms with van der Waals surface area (Å²) >= 11 is 0. The minimum absolute atomic E-state index is 0.777. The summed E-state index contributed by atoms with van der Waals surface area (Å²) in [6.07, 6.45) is 7.55. The molecule has 2 aromatic heterocycles. The van der Waals surface area contributed by atoms with Gasteiger partial charge in [0.1, 0.15) is 0 Å². The molecule has 2 heterocycles. The number of aryl methyl sites for hydroxylation is 1. The third-order valence-electron chi connectivity index (χ3n) is 2.57. The highest BCUT2D eigenvalue weighted by molar-refractivity contribution is 5.54. The monoisotopic (exact) mass is 218 g/mol. The Morgan fingerprint density at radius 3 is 3.06 bits per heavy atom. The van der Waals surface area contributed by atoms with Gasteiger partial charge in [0, 0.05) is 12.4 Å². The Balaban J connectivity index is 2.11. The number of unbranched alkanes of at least 4 members (excludes halogenated alkanes) is 2. The van der Waals surface area contributed by atoms with E-state index in [1.807, 2.05) is 35.9 Å². The zero-order chi connectivity index (χ0) is 11.4. The Morgan fingerprint density at radius 1 is 1.38 bits per heavy atom. The van der Waals surface area contributed by atoms with E-state index in [1.165, 1.54) is 12.8 Å². The van der Waals surface area contributed by atoms with Crippen LogP contribution >= 0.6 is 0 Å². The molecule has 0 aliphatic rings. The van der Waals surface area contributed by atoms with Crippen molar-refractivity contribution in [2.75, 3.05) is 6.61 Å². The third kappa shape index (κ3) is 2.35. The van der Waals surface area contributed by atoms with Gasteiger partial charge >= 0.3 is 0 Å². The first-order chi connectivity index (χ1) is 7.81. The molecule has 0 bridgehead atoms. The van der Waals surface area contributed by atoms with Crippen LogP contribution in [0.5, 0.6) is 5.75 Å². The average Bonchev–Trinajstić information content (AvgIpc) is 2.65. The van der Waals surface area contributed by atoms with E-state index in [4.69, 9.17) is 4.74 Å². The van der Waals surface area contributed by atoms with Crippen LogP contribution in [0.3, 0.4) is 0 Å². The second-order valence-electron chi connectivity index (χ2n) is 4.04. The lowest BCUT2D eigenvalue weighted by Gasteiger charge is -2.06. The van der Waals surface area contributed by atoms with Crippen molar-refractivity contribution in [2.45, 2.75) is 33.1 Å². The number of fused-ring (bicyclic) bond motifs is 1. The largest absolute Gasteiger partial charge is 0.490 e. The SMILES string of the molecule is CCCCCOc1cccn2cc(C)nc12. The van der Waals surface area contributed by atoms with Gasteiger partial charge in [-0.1, -0.05) is 19.8 Å². The number of hydrogen-bond acceptors (Lipinski definition) is 2. The van der Waals surface area contributed by atoms with Crippen LogP contribution in [0.1, 0.15) is 31.9 Å². The molecule has 3 nitrogen and oxygen atoms in total. The molecule has 0 unspecified atom stereocenters. The molecule has 0 fully saturated rings. The smallest absolute Gasteiger partial charge is 0.179 e. The van der Waals surface area contributed by atoms with Crippen molar-refractivity contribution in [3.8, 4) is 5.75 Å². The molecule has 0 aliphatic carbocycles. The van der Waals surface area contributed by atoms with Gasteiger partial charge in [0.2, 0.25) is 0 Å². The zero-order valence-corrected chi connectivity index (χ0v) is 9.94. The van der Waals surface area contributed by atoms with Gasteiger partial charge in [-0.3, -0.25) is 0 Å². The van der Waals surface area contributed by atoms with Crippen molar-refractivity contribution in [2.24, 2.45) is 0 Å². The number of aromatic nitrogens is 2. The summed E-state index contributed by atoms with van der Waals surface area (Å²) in [5, 5.41) is 0. The Morgan fingerprint density at radius 2 is 2.25 bits per heavy atom. The van der Waals surface area contributed by atoms with Crippen LogP contribution in [0.4, 0.5) is 0 Å².